The number of nitrogens with one attached hydrogen (secondary N) is 1. The van der Waals surface area contributed by atoms with Crippen molar-refractivity contribution in [2.75, 3.05) is 12.4 Å². The minimum Gasteiger partial charge on any atom is -0.377 e. The van der Waals surface area contributed by atoms with Gasteiger partial charge in [0.15, 0.2) is 11.0 Å². The van der Waals surface area contributed by atoms with Gasteiger partial charge in [-0.15, -0.1) is 10.2 Å². The molecule has 1 aliphatic rings. The largest absolute Gasteiger partial charge is 0.377 e. The van der Waals surface area contributed by atoms with Crippen molar-refractivity contribution in [3.8, 4) is 17.1 Å². The van der Waals surface area contributed by atoms with E-state index in [1.165, 1.54) is 18.4 Å². The van der Waals surface area contributed by atoms with Crippen molar-refractivity contribution in [2.45, 2.75) is 37.4 Å². The summed E-state index contributed by atoms with van der Waals surface area (Å²) < 4.78 is 8.09. The van der Waals surface area contributed by atoms with E-state index in [1.54, 1.807) is 11.8 Å². The second-order valence-corrected chi connectivity index (χ2v) is 8.52. The first-order valence-corrected chi connectivity index (χ1v) is 11.1. The second-order valence-electron chi connectivity index (χ2n) is 7.53. The maximum atomic E-state index is 5.92. The van der Waals surface area contributed by atoms with E-state index in [-0.39, 0.29) is 0 Å². The van der Waals surface area contributed by atoms with Crippen LogP contribution in [0.3, 0.4) is 0 Å². The van der Waals surface area contributed by atoms with Gasteiger partial charge in [-0.1, -0.05) is 42.1 Å². The molecule has 1 N–H and O–H groups in total. The fourth-order valence-electron chi connectivity index (χ4n) is 3.90. The summed E-state index contributed by atoms with van der Waals surface area (Å²) in [6.45, 7) is 2.98. The molecule has 4 aromatic rings. The van der Waals surface area contributed by atoms with Crippen molar-refractivity contribution in [3.63, 3.8) is 0 Å². The van der Waals surface area contributed by atoms with Crippen LogP contribution >= 0.6 is 11.8 Å². The smallest absolute Gasteiger partial charge is 0.196 e. The summed E-state index contributed by atoms with van der Waals surface area (Å²) in [5, 5.41) is 11.2. The quantitative estimate of drug-likeness (QED) is 0.453. The van der Waals surface area contributed by atoms with Crippen molar-refractivity contribution < 1.29 is 4.74 Å². The molecular formula is C23H24N4OS. The summed E-state index contributed by atoms with van der Waals surface area (Å²) in [5.74, 6) is 1.76. The van der Waals surface area contributed by atoms with E-state index in [0.29, 0.717) is 6.10 Å². The van der Waals surface area contributed by atoms with Crippen LogP contribution < -0.4 is 0 Å². The molecule has 5 nitrogen and oxygen atoms in total. The Morgan fingerprint density at radius 2 is 2.07 bits per heavy atom. The predicted octanol–water partition coefficient (Wildman–Crippen LogP) is 5.39. The second kappa shape index (κ2) is 8.05. The minimum absolute atomic E-state index is 0.299. The molecule has 3 heterocycles. The van der Waals surface area contributed by atoms with Crippen molar-refractivity contribution in [2.24, 2.45) is 0 Å². The van der Waals surface area contributed by atoms with Gasteiger partial charge in [0, 0.05) is 40.7 Å². The van der Waals surface area contributed by atoms with Crippen LogP contribution in [0.2, 0.25) is 0 Å². The summed E-state index contributed by atoms with van der Waals surface area (Å²) in [4.78, 5) is 3.36. The molecule has 1 atom stereocenters. The lowest BCUT2D eigenvalue weighted by molar-refractivity contribution is 0.0315. The van der Waals surface area contributed by atoms with Gasteiger partial charge >= 0.3 is 0 Å². The Balaban J connectivity index is 1.57. The Labute approximate surface area is 174 Å². The SMILES string of the molecule is Cc1cccc(-n2c(SC[C@@H]3CCCCO3)nnc2-c2c[nH]c3ccccc23)c1. The third-order valence-corrected chi connectivity index (χ3v) is 6.46. The van der Waals surface area contributed by atoms with Gasteiger partial charge in [-0.3, -0.25) is 4.57 Å². The summed E-state index contributed by atoms with van der Waals surface area (Å²) in [5.41, 5.74) is 4.47. The highest BCUT2D eigenvalue weighted by molar-refractivity contribution is 7.99. The highest BCUT2D eigenvalue weighted by atomic mass is 32.2. The Morgan fingerprint density at radius 3 is 2.93 bits per heavy atom. The number of rotatable bonds is 5. The van der Waals surface area contributed by atoms with Crippen LogP contribution in [0, 0.1) is 6.92 Å². The summed E-state index contributed by atoms with van der Waals surface area (Å²) in [7, 11) is 0. The first kappa shape index (κ1) is 18.5. The molecule has 5 rings (SSSR count). The summed E-state index contributed by atoms with van der Waals surface area (Å²) in [6, 6.07) is 16.8. The molecule has 1 saturated heterocycles. The zero-order valence-electron chi connectivity index (χ0n) is 16.5. The van der Waals surface area contributed by atoms with Gasteiger partial charge in [-0.05, 0) is 49.9 Å². The number of fused-ring (bicyclic) bond motifs is 1. The number of H-pyrrole nitrogens is 1. The first-order chi connectivity index (χ1) is 14.3. The maximum Gasteiger partial charge on any atom is 0.196 e. The molecule has 0 bridgehead atoms. The average Bonchev–Trinajstić information content (AvgIpc) is 3.37. The number of aromatic nitrogens is 4. The maximum absolute atomic E-state index is 5.92. The number of hydrogen-bond donors (Lipinski definition) is 1. The molecule has 0 unspecified atom stereocenters. The van der Waals surface area contributed by atoms with Gasteiger partial charge in [-0.25, -0.2) is 0 Å². The van der Waals surface area contributed by atoms with Crippen LogP contribution in [0.4, 0.5) is 0 Å². The van der Waals surface area contributed by atoms with E-state index >= 15 is 0 Å². The van der Waals surface area contributed by atoms with Crippen molar-refractivity contribution in [1.29, 1.82) is 0 Å². The van der Waals surface area contributed by atoms with Crippen LogP contribution in [-0.4, -0.2) is 38.2 Å². The fraction of sp³-hybridized carbons (Fsp3) is 0.304. The third kappa shape index (κ3) is 3.70. The molecule has 1 fully saturated rings. The lowest BCUT2D eigenvalue weighted by Gasteiger charge is -2.22. The molecule has 0 radical (unpaired) electrons. The van der Waals surface area contributed by atoms with Gasteiger partial charge in [0.05, 0.1) is 6.10 Å². The van der Waals surface area contributed by atoms with Crippen LogP contribution in [0.5, 0.6) is 0 Å². The van der Waals surface area contributed by atoms with Gasteiger partial charge in [0.1, 0.15) is 0 Å². The first-order valence-electron chi connectivity index (χ1n) is 10.1. The molecule has 2 aromatic heterocycles. The number of nitrogens with zero attached hydrogens (tertiary/aromatic N) is 3. The van der Waals surface area contributed by atoms with Crippen LogP contribution in [0.25, 0.3) is 28.0 Å². The normalized spacial score (nSPS) is 17.1. The van der Waals surface area contributed by atoms with Crippen LogP contribution in [0.15, 0.2) is 59.9 Å². The third-order valence-electron chi connectivity index (χ3n) is 5.40. The van der Waals surface area contributed by atoms with E-state index in [2.05, 4.69) is 69.1 Å². The number of aromatic amines is 1. The molecule has 6 heteroatoms. The number of aryl methyl sites for hydroxylation is 1. The molecule has 0 aliphatic carbocycles. The highest BCUT2D eigenvalue weighted by Crippen LogP contribution is 2.33. The number of hydrogen-bond acceptors (Lipinski definition) is 4. The van der Waals surface area contributed by atoms with E-state index < -0.39 is 0 Å². The number of ether oxygens (including phenoxy) is 1. The Kier molecular flexibility index (Phi) is 5.12. The van der Waals surface area contributed by atoms with Crippen LogP contribution in [-0.2, 0) is 4.74 Å². The van der Waals surface area contributed by atoms with Crippen molar-refractivity contribution in [3.05, 3.63) is 60.3 Å². The van der Waals surface area contributed by atoms with Gasteiger partial charge < -0.3 is 9.72 Å². The molecule has 0 amide bonds. The summed E-state index contributed by atoms with van der Waals surface area (Å²) >= 11 is 1.73. The van der Waals surface area contributed by atoms with Crippen molar-refractivity contribution >= 4 is 22.7 Å². The van der Waals surface area contributed by atoms with E-state index in [9.17, 15) is 0 Å². The number of benzene rings is 2. The lowest BCUT2D eigenvalue weighted by Crippen LogP contribution is -2.21. The number of para-hydroxylation sites is 1. The lowest BCUT2D eigenvalue weighted by atomic mass is 10.1. The van der Waals surface area contributed by atoms with E-state index in [4.69, 9.17) is 4.74 Å². The van der Waals surface area contributed by atoms with Gasteiger partial charge in [0.25, 0.3) is 0 Å². The van der Waals surface area contributed by atoms with E-state index in [1.807, 2.05) is 12.3 Å². The fourth-order valence-corrected chi connectivity index (χ4v) is 4.92. The average molecular weight is 405 g/mol. The Bertz CT molecular complexity index is 1130. The zero-order chi connectivity index (χ0) is 19.6. The molecule has 1 aliphatic heterocycles. The van der Waals surface area contributed by atoms with Gasteiger partial charge in [-0.2, -0.15) is 0 Å². The topological polar surface area (TPSA) is 55.7 Å². The standard InChI is InChI=1S/C23H24N4OS/c1-16-7-6-8-17(13-16)27-22(20-14-24-21-11-3-2-10-19(20)21)25-26-23(27)29-15-18-9-4-5-12-28-18/h2-3,6-8,10-11,13-14,18,24H,4-5,9,12,15H2,1H3/t18-/m0/s1. The molecule has 2 aromatic carbocycles. The molecule has 148 valence electrons. The zero-order valence-corrected chi connectivity index (χ0v) is 17.3. The molecule has 0 saturated carbocycles. The number of thioether (sulfide) groups is 1. The Hall–Kier alpha value is -2.57. The van der Waals surface area contributed by atoms with Crippen molar-refractivity contribution in [1.82, 2.24) is 19.7 Å². The minimum atomic E-state index is 0.299. The summed E-state index contributed by atoms with van der Waals surface area (Å²) in [6.07, 6.45) is 5.87. The van der Waals surface area contributed by atoms with E-state index in [0.717, 1.165) is 51.9 Å². The monoisotopic (exact) mass is 404 g/mol. The Morgan fingerprint density at radius 1 is 1.14 bits per heavy atom. The highest BCUT2D eigenvalue weighted by Gasteiger charge is 2.21. The molecular weight excluding hydrogens is 380 g/mol. The van der Waals surface area contributed by atoms with Gasteiger partial charge in [0.2, 0.25) is 0 Å². The molecule has 29 heavy (non-hydrogen) atoms. The predicted molar refractivity (Wildman–Crippen MR) is 118 cm³/mol. The molecule has 0 spiro atoms. The van der Waals surface area contributed by atoms with Crippen LogP contribution in [0.1, 0.15) is 24.8 Å².